The van der Waals surface area contributed by atoms with E-state index in [0.717, 1.165) is 30.6 Å². The molecule has 1 saturated carbocycles. The third-order valence-electron chi connectivity index (χ3n) is 7.42. The number of nitrogens with one attached hydrogen (secondary N) is 2. The van der Waals surface area contributed by atoms with E-state index in [9.17, 15) is 24.3 Å². The number of carbonyl (C=O) groups is 4. The Kier molecular flexibility index (Phi) is 6.68. The number of Topliss-reactive ketones (excluding diaryl/α,β-unsaturated/α-hetero) is 1. The number of amides is 2. The molecule has 2 unspecified atom stereocenters. The van der Waals surface area contributed by atoms with Crippen LogP contribution in [0.5, 0.6) is 0 Å². The first kappa shape index (κ1) is 23.3. The summed E-state index contributed by atoms with van der Waals surface area (Å²) < 4.78 is 0. The number of nitrogens with zero attached hydrogens (tertiary/aromatic N) is 1. The number of thioether (sulfide) groups is 1. The number of ketones is 1. The van der Waals surface area contributed by atoms with Crippen LogP contribution in [0.25, 0.3) is 0 Å². The number of aliphatic carboxylic acids is 1. The van der Waals surface area contributed by atoms with Crippen molar-refractivity contribution in [1.82, 2.24) is 15.5 Å². The molecule has 3 N–H and O–H groups in total. The summed E-state index contributed by atoms with van der Waals surface area (Å²) in [5, 5.41) is 16.4. The molecule has 0 radical (unpaired) electrons. The maximum absolute atomic E-state index is 12.9. The van der Waals surface area contributed by atoms with E-state index >= 15 is 0 Å². The van der Waals surface area contributed by atoms with Gasteiger partial charge in [-0.15, -0.1) is 11.8 Å². The SMILES string of the molecule is CC(=O)C[C@H](C)[C@H]1C(=O)N2C(C(=O)O)=C(SC3CNC(C(=O)NC4CCCC4)C3)[C@H](C)[C@@H]12. The molecule has 0 aromatic carbocycles. The van der Waals surface area contributed by atoms with Crippen LogP contribution in [-0.2, 0) is 19.2 Å². The molecule has 0 aromatic rings. The number of rotatable bonds is 8. The van der Waals surface area contributed by atoms with E-state index in [1.54, 1.807) is 0 Å². The highest BCUT2D eigenvalue weighted by Crippen LogP contribution is 2.53. The quantitative estimate of drug-likeness (QED) is 0.471. The van der Waals surface area contributed by atoms with Gasteiger partial charge in [0.2, 0.25) is 11.8 Å². The number of β-lactam (4-membered cyclic amide) rings is 1. The van der Waals surface area contributed by atoms with Gasteiger partial charge in [-0.25, -0.2) is 4.79 Å². The van der Waals surface area contributed by atoms with Crippen molar-refractivity contribution in [2.75, 3.05) is 6.54 Å². The number of hydrogen-bond acceptors (Lipinski definition) is 6. The molecule has 0 spiro atoms. The first-order chi connectivity index (χ1) is 15.2. The average Bonchev–Trinajstić information content (AvgIpc) is 3.42. The van der Waals surface area contributed by atoms with E-state index in [4.69, 9.17) is 0 Å². The summed E-state index contributed by atoms with van der Waals surface area (Å²) in [5.74, 6) is -1.75. The monoisotopic (exact) mass is 463 g/mol. The molecule has 32 heavy (non-hydrogen) atoms. The highest BCUT2D eigenvalue weighted by Gasteiger charge is 2.60. The van der Waals surface area contributed by atoms with Crippen molar-refractivity contribution < 1.29 is 24.3 Å². The van der Waals surface area contributed by atoms with Crippen molar-refractivity contribution in [1.29, 1.82) is 0 Å². The average molecular weight is 464 g/mol. The summed E-state index contributed by atoms with van der Waals surface area (Å²) in [4.78, 5) is 51.3. The Morgan fingerprint density at radius 1 is 1.28 bits per heavy atom. The number of hydrogen-bond donors (Lipinski definition) is 3. The Bertz CT molecular complexity index is 853. The number of carboxylic acid groups (broad SMARTS) is 1. The van der Waals surface area contributed by atoms with E-state index < -0.39 is 5.97 Å². The van der Waals surface area contributed by atoms with Crippen LogP contribution < -0.4 is 10.6 Å². The Morgan fingerprint density at radius 3 is 2.59 bits per heavy atom. The topological polar surface area (TPSA) is 116 Å². The predicted octanol–water partition coefficient (Wildman–Crippen LogP) is 1.90. The normalized spacial score (nSPS) is 33.3. The molecule has 8 nitrogen and oxygen atoms in total. The third-order valence-corrected chi connectivity index (χ3v) is 8.93. The van der Waals surface area contributed by atoms with Gasteiger partial charge >= 0.3 is 5.97 Å². The minimum atomic E-state index is -1.09. The Morgan fingerprint density at radius 2 is 1.97 bits per heavy atom. The van der Waals surface area contributed by atoms with Crippen LogP contribution in [0.15, 0.2) is 10.6 Å². The zero-order chi connectivity index (χ0) is 23.2. The second kappa shape index (κ2) is 9.17. The largest absolute Gasteiger partial charge is 0.477 e. The van der Waals surface area contributed by atoms with E-state index in [1.165, 1.54) is 23.6 Å². The zero-order valence-corrected chi connectivity index (χ0v) is 19.7. The van der Waals surface area contributed by atoms with Crippen LogP contribution in [0.4, 0.5) is 0 Å². The van der Waals surface area contributed by atoms with Crippen molar-refractivity contribution in [3.8, 4) is 0 Å². The molecular formula is C23H33N3O5S. The molecular weight excluding hydrogens is 430 g/mol. The lowest BCUT2D eigenvalue weighted by atomic mass is 9.73. The molecule has 0 aromatic heterocycles. The Balaban J connectivity index is 1.43. The molecule has 2 saturated heterocycles. The van der Waals surface area contributed by atoms with Crippen LogP contribution >= 0.6 is 11.8 Å². The van der Waals surface area contributed by atoms with Crippen molar-refractivity contribution >= 4 is 35.3 Å². The van der Waals surface area contributed by atoms with Gasteiger partial charge < -0.3 is 25.4 Å². The molecule has 4 aliphatic rings. The lowest BCUT2D eigenvalue weighted by Crippen LogP contribution is -2.62. The molecule has 1 aliphatic carbocycles. The van der Waals surface area contributed by atoms with Gasteiger partial charge in [0.25, 0.3) is 0 Å². The first-order valence-corrected chi connectivity index (χ1v) is 12.6. The lowest BCUT2D eigenvalue weighted by molar-refractivity contribution is -0.160. The van der Waals surface area contributed by atoms with Crippen molar-refractivity contribution in [3.63, 3.8) is 0 Å². The molecule has 0 bridgehead atoms. The minimum Gasteiger partial charge on any atom is -0.477 e. The van der Waals surface area contributed by atoms with Crippen molar-refractivity contribution in [2.24, 2.45) is 17.8 Å². The number of carboxylic acids is 1. The predicted molar refractivity (Wildman–Crippen MR) is 121 cm³/mol. The van der Waals surface area contributed by atoms with Crippen LogP contribution in [-0.4, -0.2) is 63.5 Å². The summed E-state index contributed by atoms with van der Waals surface area (Å²) in [6, 6.07) is -0.197. The standard InChI is InChI=1S/C23H33N3O5S/c1-11(8-12(2)27)17-18-13(3)20(19(23(30)31)26(18)22(17)29)32-15-9-16(24-10-15)21(28)25-14-6-4-5-7-14/h11,13-18,24H,4-10H2,1-3H3,(H,25,28)(H,30,31)/t11-,13+,15?,16?,17+,18-/m0/s1. The van der Waals surface area contributed by atoms with Crippen LogP contribution in [0.1, 0.15) is 59.3 Å². The highest BCUT2D eigenvalue weighted by atomic mass is 32.2. The molecule has 176 valence electrons. The molecule has 4 rings (SSSR count). The highest BCUT2D eigenvalue weighted by molar-refractivity contribution is 8.03. The summed E-state index contributed by atoms with van der Waals surface area (Å²) >= 11 is 1.50. The molecule has 2 amide bonds. The first-order valence-electron chi connectivity index (χ1n) is 11.7. The molecule has 6 atom stereocenters. The Labute approximate surface area is 192 Å². The van der Waals surface area contributed by atoms with E-state index in [-0.39, 0.29) is 64.4 Å². The van der Waals surface area contributed by atoms with Gasteiger partial charge in [-0.1, -0.05) is 26.7 Å². The fraction of sp³-hybridized carbons (Fsp3) is 0.739. The summed E-state index contributed by atoms with van der Waals surface area (Å²) in [6.07, 6.45) is 5.36. The van der Waals surface area contributed by atoms with Crippen LogP contribution in [0, 0.1) is 17.8 Å². The van der Waals surface area contributed by atoms with Gasteiger partial charge in [0.1, 0.15) is 11.5 Å². The third kappa shape index (κ3) is 4.21. The molecule has 3 heterocycles. The van der Waals surface area contributed by atoms with Gasteiger partial charge in [-0.3, -0.25) is 9.59 Å². The van der Waals surface area contributed by atoms with Gasteiger partial charge in [-0.2, -0.15) is 0 Å². The lowest BCUT2D eigenvalue weighted by Gasteiger charge is -2.47. The van der Waals surface area contributed by atoms with Crippen molar-refractivity contribution in [3.05, 3.63) is 10.6 Å². The van der Waals surface area contributed by atoms with Gasteiger partial charge in [0, 0.05) is 35.1 Å². The van der Waals surface area contributed by atoms with Crippen LogP contribution in [0.3, 0.4) is 0 Å². The summed E-state index contributed by atoms with van der Waals surface area (Å²) in [6.45, 7) is 6.01. The zero-order valence-electron chi connectivity index (χ0n) is 18.9. The van der Waals surface area contributed by atoms with E-state index in [1.807, 2.05) is 13.8 Å². The maximum atomic E-state index is 12.9. The molecule has 3 fully saturated rings. The Hall–Kier alpha value is -1.87. The van der Waals surface area contributed by atoms with Gasteiger partial charge in [-0.05, 0) is 32.1 Å². The number of fused-ring (bicyclic) bond motifs is 1. The minimum absolute atomic E-state index is 0.0315. The second-order valence-corrected chi connectivity index (χ2v) is 11.2. The van der Waals surface area contributed by atoms with Gasteiger partial charge in [0.15, 0.2) is 0 Å². The van der Waals surface area contributed by atoms with Crippen LogP contribution in [0.2, 0.25) is 0 Å². The molecule has 9 heteroatoms. The number of carbonyl (C=O) groups excluding carboxylic acids is 3. The van der Waals surface area contributed by atoms with E-state index in [0.29, 0.717) is 19.4 Å². The fourth-order valence-electron chi connectivity index (χ4n) is 5.89. The summed E-state index contributed by atoms with van der Waals surface area (Å²) in [5.41, 5.74) is 0.0858. The van der Waals surface area contributed by atoms with E-state index in [2.05, 4.69) is 10.6 Å². The second-order valence-electron chi connectivity index (χ2n) is 9.84. The maximum Gasteiger partial charge on any atom is 0.353 e. The van der Waals surface area contributed by atoms with Gasteiger partial charge in [0.05, 0.1) is 18.0 Å². The van der Waals surface area contributed by atoms with Crippen molar-refractivity contribution in [2.45, 2.75) is 82.7 Å². The summed E-state index contributed by atoms with van der Waals surface area (Å²) in [7, 11) is 0. The smallest absolute Gasteiger partial charge is 0.353 e. The molecule has 3 aliphatic heterocycles. The fourth-order valence-corrected chi connectivity index (χ4v) is 7.37.